The lowest BCUT2D eigenvalue weighted by molar-refractivity contribution is -0.143. The van der Waals surface area contributed by atoms with E-state index in [9.17, 15) is 9.59 Å². The number of rotatable bonds is 15. The molecular weight excluding hydrogens is 486 g/mol. The topological polar surface area (TPSA) is 57.5 Å². The molecule has 0 aliphatic carbocycles. The summed E-state index contributed by atoms with van der Waals surface area (Å²) in [6, 6.07) is 18.3. The number of ether oxygens (including phenoxy) is 2. The number of aryl methyl sites for hydroxylation is 1. The highest BCUT2D eigenvalue weighted by molar-refractivity contribution is 6.10. The number of benzene rings is 2. The SMILES string of the molecule is CCCC(Oc1cccc(C(=O)c2cc(CC)n(C)c2CCCC(=O)OCC)c1)c1ccc(CC(C)C)cc1. The molecule has 0 spiro atoms. The molecule has 5 heteroatoms. The largest absolute Gasteiger partial charge is 0.486 e. The van der Waals surface area contributed by atoms with Gasteiger partial charge < -0.3 is 14.0 Å². The minimum Gasteiger partial charge on any atom is -0.486 e. The van der Waals surface area contributed by atoms with E-state index in [0.717, 1.165) is 42.6 Å². The Hall–Kier alpha value is -3.34. The van der Waals surface area contributed by atoms with Crippen molar-refractivity contribution in [3.05, 3.63) is 88.2 Å². The average Bonchev–Trinajstić information content (AvgIpc) is 3.23. The zero-order valence-electron chi connectivity index (χ0n) is 24.6. The molecule has 0 aliphatic heterocycles. The molecule has 1 heterocycles. The van der Waals surface area contributed by atoms with Gasteiger partial charge in [-0.05, 0) is 74.3 Å². The first-order chi connectivity index (χ1) is 18.8. The van der Waals surface area contributed by atoms with E-state index in [2.05, 4.69) is 56.5 Å². The molecule has 3 aromatic rings. The predicted octanol–water partition coefficient (Wildman–Crippen LogP) is 7.82. The quantitative estimate of drug-likeness (QED) is 0.148. The van der Waals surface area contributed by atoms with Gasteiger partial charge in [-0.1, -0.05) is 70.5 Å². The van der Waals surface area contributed by atoms with Gasteiger partial charge in [-0.2, -0.15) is 0 Å². The van der Waals surface area contributed by atoms with Gasteiger partial charge in [0.25, 0.3) is 0 Å². The van der Waals surface area contributed by atoms with Gasteiger partial charge >= 0.3 is 5.97 Å². The lowest BCUT2D eigenvalue weighted by Crippen LogP contribution is -2.10. The second kappa shape index (κ2) is 14.7. The Kier molecular flexibility index (Phi) is 11.4. The smallest absolute Gasteiger partial charge is 0.305 e. The zero-order valence-corrected chi connectivity index (χ0v) is 24.6. The summed E-state index contributed by atoms with van der Waals surface area (Å²) in [6.45, 7) is 10.9. The average molecular weight is 532 g/mol. The van der Waals surface area contributed by atoms with E-state index in [-0.39, 0.29) is 17.9 Å². The van der Waals surface area contributed by atoms with Crippen molar-refractivity contribution in [2.75, 3.05) is 6.61 Å². The summed E-state index contributed by atoms with van der Waals surface area (Å²) in [4.78, 5) is 25.6. The summed E-state index contributed by atoms with van der Waals surface area (Å²) in [7, 11) is 2.00. The molecule has 0 fully saturated rings. The Morgan fingerprint density at radius 2 is 1.72 bits per heavy atom. The van der Waals surface area contributed by atoms with Crippen molar-refractivity contribution in [2.24, 2.45) is 13.0 Å². The van der Waals surface area contributed by atoms with Crippen molar-refractivity contribution in [1.29, 1.82) is 0 Å². The third-order valence-electron chi connectivity index (χ3n) is 7.09. The normalized spacial score (nSPS) is 12.0. The molecule has 1 unspecified atom stereocenters. The van der Waals surface area contributed by atoms with Crippen molar-refractivity contribution >= 4 is 11.8 Å². The first-order valence-electron chi connectivity index (χ1n) is 14.5. The summed E-state index contributed by atoms with van der Waals surface area (Å²) >= 11 is 0. The van der Waals surface area contributed by atoms with Crippen molar-refractivity contribution in [3.63, 3.8) is 0 Å². The number of hydrogen-bond donors (Lipinski definition) is 0. The molecule has 0 saturated heterocycles. The summed E-state index contributed by atoms with van der Waals surface area (Å²) in [5, 5.41) is 0. The fraction of sp³-hybridized carbons (Fsp3) is 0.471. The Bertz CT molecular complexity index is 1220. The first kappa shape index (κ1) is 30.2. The van der Waals surface area contributed by atoms with Crippen LogP contribution in [0.5, 0.6) is 5.75 Å². The second-order valence-corrected chi connectivity index (χ2v) is 10.7. The van der Waals surface area contributed by atoms with Crippen molar-refractivity contribution in [1.82, 2.24) is 4.57 Å². The van der Waals surface area contributed by atoms with Crippen LogP contribution in [0.15, 0.2) is 54.6 Å². The maximum absolute atomic E-state index is 13.7. The highest BCUT2D eigenvalue weighted by Gasteiger charge is 2.21. The van der Waals surface area contributed by atoms with Crippen LogP contribution in [0.2, 0.25) is 0 Å². The number of ketones is 1. The van der Waals surface area contributed by atoms with Crippen LogP contribution in [-0.4, -0.2) is 22.9 Å². The van der Waals surface area contributed by atoms with E-state index >= 15 is 0 Å². The molecule has 1 aromatic heterocycles. The molecule has 39 heavy (non-hydrogen) atoms. The number of aromatic nitrogens is 1. The molecule has 0 bridgehead atoms. The van der Waals surface area contributed by atoms with Crippen LogP contribution in [0, 0.1) is 5.92 Å². The third kappa shape index (κ3) is 8.32. The van der Waals surface area contributed by atoms with Gasteiger partial charge in [-0.15, -0.1) is 0 Å². The fourth-order valence-corrected chi connectivity index (χ4v) is 5.10. The minimum absolute atomic E-state index is 0.0213. The Morgan fingerprint density at radius 1 is 0.974 bits per heavy atom. The number of hydrogen-bond acceptors (Lipinski definition) is 4. The molecule has 5 nitrogen and oxygen atoms in total. The summed E-state index contributed by atoms with van der Waals surface area (Å²) in [6.07, 6.45) is 5.32. The van der Waals surface area contributed by atoms with Crippen LogP contribution in [0.4, 0.5) is 0 Å². The van der Waals surface area contributed by atoms with Crippen LogP contribution in [-0.2, 0) is 35.8 Å². The molecule has 2 aromatic carbocycles. The van der Waals surface area contributed by atoms with Crippen LogP contribution in [0.1, 0.15) is 105 Å². The number of nitrogens with zero attached hydrogens (tertiary/aromatic N) is 1. The molecule has 0 amide bonds. The highest BCUT2D eigenvalue weighted by atomic mass is 16.5. The molecule has 3 rings (SSSR count). The van der Waals surface area contributed by atoms with Crippen LogP contribution in [0.3, 0.4) is 0 Å². The Morgan fingerprint density at radius 3 is 2.36 bits per heavy atom. The van der Waals surface area contributed by atoms with Gasteiger partial charge in [0.15, 0.2) is 5.78 Å². The molecule has 0 saturated carbocycles. The van der Waals surface area contributed by atoms with Gasteiger partial charge in [0, 0.05) is 36.0 Å². The second-order valence-electron chi connectivity index (χ2n) is 10.7. The van der Waals surface area contributed by atoms with Crippen molar-refractivity contribution in [2.45, 2.75) is 85.7 Å². The Labute approximate surface area is 234 Å². The van der Waals surface area contributed by atoms with E-state index < -0.39 is 0 Å². The number of carbonyl (C=O) groups is 2. The van der Waals surface area contributed by atoms with E-state index in [1.54, 1.807) is 0 Å². The van der Waals surface area contributed by atoms with Gasteiger partial charge in [0.05, 0.1) is 6.61 Å². The lowest BCUT2D eigenvalue weighted by atomic mass is 9.98. The van der Waals surface area contributed by atoms with E-state index in [0.29, 0.717) is 48.7 Å². The third-order valence-corrected chi connectivity index (χ3v) is 7.09. The van der Waals surface area contributed by atoms with Gasteiger partial charge in [0.2, 0.25) is 0 Å². The minimum atomic E-state index is -0.198. The maximum atomic E-state index is 13.7. The summed E-state index contributed by atoms with van der Waals surface area (Å²) in [5.41, 5.74) is 5.85. The standard InChI is InChI=1S/C34H45NO4/c1-7-12-32(26-19-17-25(18-20-26)21-24(4)5)39-29-14-10-13-27(22-29)34(37)30-23-28(8-2)35(6)31(30)15-11-16-33(36)38-9-3/h10,13-14,17-20,22-24,32H,7-9,11-12,15-16,21H2,1-6H3. The summed E-state index contributed by atoms with van der Waals surface area (Å²) < 4.78 is 13.6. The fourth-order valence-electron chi connectivity index (χ4n) is 5.10. The first-order valence-corrected chi connectivity index (χ1v) is 14.5. The van der Waals surface area contributed by atoms with Crippen LogP contribution in [0.25, 0.3) is 0 Å². The van der Waals surface area contributed by atoms with E-state index in [4.69, 9.17) is 9.47 Å². The zero-order chi connectivity index (χ0) is 28.4. The van der Waals surface area contributed by atoms with Gasteiger partial charge in [0.1, 0.15) is 11.9 Å². The summed E-state index contributed by atoms with van der Waals surface area (Å²) in [5.74, 6) is 1.10. The molecule has 0 radical (unpaired) electrons. The molecule has 210 valence electrons. The lowest BCUT2D eigenvalue weighted by Gasteiger charge is -2.20. The Balaban J connectivity index is 1.81. The van der Waals surface area contributed by atoms with E-state index in [1.807, 2.05) is 44.3 Å². The highest BCUT2D eigenvalue weighted by Crippen LogP contribution is 2.29. The van der Waals surface area contributed by atoms with Crippen LogP contribution >= 0.6 is 0 Å². The molecule has 0 aliphatic rings. The molecule has 0 N–H and O–H groups in total. The van der Waals surface area contributed by atoms with Crippen LogP contribution < -0.4 is 4.74 Å². The number of carbonyl (C=O) groups excluding carboxylic acids is 2. The maximum Gasteiger partial charge on any atom is 0.305 e. The van der Waals surface area contributed by atoms with Gasteiger partial charge in [-0.25, -0.2) is 0 Å². The monoisotopic (exact) mass is 531 g/mol. The predicted molar refractivity (Wildman–Crippen MR) is 157 cm³/mol. The van der Waals surface area contributed by atoms with Crippen molar-refractivity contribution in [3.8, 4) is 5.75 Å². The van der Waals surface area contributed by atoms with Gasteiger partial charge in [-0.3, -0.25) is 9.59 Å². The van der Waals surface area contributed by atoms with Crippen molar-refractivity contribution < 1.29 is 19.1 Å². The van der Waals surface area contributed by atoms with E-state index in [1.165, 1.54) is 5.56 Å². The molecular formula is C34H45NO4. The molecule has 1 atom stereocenters. The number of esters is 1.